The number of rotatable bonds is 3. The second kappa shape index (κ2) is 5.85. The fraction of sp³-hybridized carbons (Fsp3) is 0.167. The average Bonchev–Trinajstić information content (AvgIpc) is 2.63. The summed E-state index contributed by atoms with van der Waals surface area (Å²) in [5, 5.41) is 2.78. The van der Waals surface area contributed by atoms with E-state index in [-0.39, 0.29) is 6.04 Å². The lowest BCUT2D eigenvalue weighted by Gasteiger charge is -2.13. The van der Waals surface area contributed by atoms with Gasteiger partial charge < -0.3 is 5.73 Å². The molecule has 0 spiro atoms. The van der Waals surface area contributed by atoms with E-state index >= 15 is 0 Å². The van der Waals surface area contributed by atoms with Gasteiger partial charge in [0.05, 0.1) is 0 Å². The van der Waals surface area contributed by atoms with Crippen molar-refractivity contribution >= 4 is 54.8 Å². The van der Waals surface area contributed by atoms with E-state index in [1.165, 1.54) is 4.88 Å². The van der Waals surface area contributed by atoms with Crippen molar-refractivity contribution in [3.05, 3.63) is 54.1 Å². The molecule has 0 saturated carbocycles. The molecule has 1 unspecified atom stereocenters. The zero-order valence-electron chi connectivity index (χ0n) is 8.79. The molecule has 0 aliphatic carbocycles. The van der Waals surface area contributed by atoms with Gasteiger partial charge in [-0.3, -0.25) is 0 Å². The average molecular weight is 396 g/mol. The van der Waals surface area contributed by atoms with Crippen molar-refractivity contribution in [2.24, 2.45) is 5.73 Å². The van der Waals surface area contributed by atoms with E-state index in [0.717, 1.165) is 20.9 Å². The van der Waals surface area contributed by atoms with E-state index in [9.17, 15) is 0 Å². The highest BCUT2D eigenvalue weighted by atomic mass is 79.9. The SMILES string of the molecule is NC(Cc1cc(Br)cs1)c1ccc(Cl)cc1Br. The Morgan fingerprint density at radius 1 is 1.29 bits per heavy atom. The van der Waals surface area contributed by atoms with Gasteiger partial charge in [0.15, 0.2) is 0 Å². The van der Waals surface area contributed by atoms with Crippen LogP contribution in [-0.4, -0.2) is 0 Å². The van der Waals surface area contributed by atoms with Crippen LogP contribution in [0.25, 0.3) is 0 Å². The Morgan fingerprint density at radius 2 is 2.06 bits per heavy atom. The number of halogens is 3. The molecule has 1 nitrogen and oxygen atoms in total. The van der Waals surface area contributed by atoms with E-state index < -0.39 is 0 Å². The fourth-order valence-electron chi connectivity index (χ4n) is 1.59. The topological polar surface area (TPSA) is 26.0 Å². The number of nitrogens with two attached hydrogens (primary N) is 1. The van der Waals surface area contributed by atoms with Crippen LogP contribution in [-0.2, 0) is 6.42 Å². The first-order valence-electron chi connectivity index (χ1n) is 4.99. The summed E-state index contributed by atoms with van der Waals surface area (Å²) in [4.78, 5) is 1.27. The number of hydrogen-bond acceptors (Lipinski definition) is 2. The number of hydrogen-bond donors (Lipinski definition) is 1. The maximum atomic E-state index is 6.21. The van der Waals surface area contributed by atoms with Crippen LogP contribution in [0.2, 0.25) is 5.02 Å². The molecular weight excluding hydrogens is 385 g/mol. The van der Waals surface area contributed by atoms with Crippen LogP contribution in [0.15, 0.2) is 38.6 Å². The van der Waals surface area contributed by atoms with Gasteiger partial charge in [-0.2, -0.15) is 0 Å². The van der Waals surface area contributed by atoms with Gasteiger partial charge in [-0.15, -0.1) is 11.3 Å². The van der Waals surface area contributed by atoms with Gasteiger partial charge in [0.1, 0.15) is 0 Å². The Kier molecular flexibility index (Phi) is 4.66. The summed E-state index contributed by atoms with van der Waals surface area (Å²) in [6.45, 7) is 0. The lowest BCUT2D eigenvalue weighted by molar-refractivity contribution is 0.726. The zero-order valence-corrected chi connectivity index (χ0v) is 13.5. The molecule has 5 heteroatoms. The third kappa shape index (κ3) is 3.55. The molecule has 0 amide bonds. The standard InChI is InChI=1S/C12H10Br2ClNS/c13-7-3-9(17-6-7)5-12(16)10-2-1-8(15)4-11(10)14/h1-4,6,12H,5,16H2. The van der Waals surface area contributed by atoms with Crippen LogP contribution in [0.3, 0.4) is 0 Å². The molecule has 1 atom stereocenters. The Labute approximate surface area is 126 Å². The lowest BCUT2D eigenvalue weighted by atomic mass is 10.0. The monoisotopic (exact) mass is 393 g/mol. The molecule has 0 saturated heterocycles. The molecule has 0 fully saturated rings. The van der Waals surface area contributed by atoms with Crippen LogP contribution in [0.5, 0.6) is 0 Å². The van der Waals surface area contributed by atoms with Crippen LogP contribution in [0, 0.1) is 0 Å². The molecule has 1 aromatic heterocycles. The smallest absolute Gasteiger partial charge is 0.0417 e. The quantitative estimate of drug-likeness (QED) is 0.762. The predicted octanol–water partition coefficient (Wildman–Crippen LogP) is 5.17. The van der Waals surface area contributed by atoms with E-state index in [1.807, 2.05) is 18.2 Å². The summed E-state index contributed by atoms with van der Waals surface area (Å²) >= 11 is 14.6. The van der Waals surface area contributed by atoms with Crippen LogP contribution in [0.4, 0.5) is 0 Å². The van der Waals surface area contributed by atoms with E-state index in [0.29, 0.717) is 5.02 Å². The third-order valence-corrected chi connectivity index (χ3v) is 5.05. The van der Waals surface area contributed by atoms with Crippen molar-refractivity contribution in [3.63, 3.8) is 0 Å². The van der Waals surface area contributed by atoms with E-state index in [4.69, 9.17) is 17.3 Å². The highest BCUT2D eigenvalue weighted by molar-refractivity contribution is 9.10. The zero-order chi connectivity index (χ0) is 12.4. The van der Waals surface area contributed by atoms with Crippen molar-refractivity contribution in [2.45, 2.75) is 12.5 Å². The first kappa shape index (κ1) is 13.6. The van der Waals surface area contributed by atoms with Crippen molar-refractivity contribution in [3.8, 4) is 0 Å². The minimum Gasteiger partial charge on any atom is -0.324 e. The van der Waals surface area contributed by atoms with Crippen LogP contribution in [0.1, 0.15) is 16.5 Å². The summed E-state index contributed by atoms with van der Waals surface area (Å²) in [5.41, 5.74) is 7.29. The predicted molar refractivity (Wildman–Crippen MR) is 81.8 cm³/mol. The minimum absolute atomic E-state index is 0.0211. The molecule has 90 valence electrons. The van der Waals surface area contributed by atoms with Crippen molar-refractivity contribution in [2.75, 3.05) is 0 Å². The fourth-order valence-corrected chi connectivity index (χ4v) is 4.08. The second-order valence-corrected chi connectivity index (χ2v) is 6.91. The summed E-state index contributed by atoms with van der Waals surface area (Å²) in [6, 6.07) is 7.80. The van der Waals surface area contributed by atoms with Gasteiger partial charge in [-0.05, 0) is 39.7 Å². The van der Waals surface area contributed by atoms with E-state index in [2.05, 4.69) is 43.3 Å². The maximum Gasteiger partial charge on any atom is 0.0417 e. The van der Waals surface area contributed by atoms with Gasteiger partial charge in [-0.25, -0.2) is 0 Å². The maximum absolute atomic E-state index is 6.21. The molecular formula is C12H10Br2ClNS. The van der Waals surface area contributed by atoms with E-state index in [1.54, 1.807) is 11.3 Å². The molecule has 0 aliphatic heterocycles. The third-order valence-electron chi connectivity index (χ3n) is 2.40. The first-order chi connectivity index (χ1) is 8.06. The Hall–Kier alpha value is 0.130. The van der Waals surface area contributed by atoms with Crippen molar-refractivity contribution < 1.29 is 0 Å². The van der Waals surface area contributed by atoms with Gasteiger partial charge in [-0.1, -0.05) is 33.6 Å². The molecule has 1 heterocycles. The summed E-state index contributed by atoms with van der Waals surface area (Å²) < 4.78 is 2.08. The summed E-state index contributed by atoms with van der Waals surface area (Å²) in [6.07, 6.45) is 0.830. The van der Waals surface area contributed by atoms with Crippen molar-refractivity contribution in [1.82, 2.24) is 0 Å². The Morgan fingerprint density at radius 3 is 2.65 bits per heavy atom. The van der Waals surface area contributed by atoms with Crippen LogP contribution < -0.4 is 5.73 Å². The molecule has 17 heavy (non-hydrogen) atoms. The molecule has 0 aliphatic rings. The number of thiophene rings is 1. The molecule has 2 N–H and O–H groups in total. The largest absolute Gasteiger partial charge is 0.324 e. The Bertz CT molecular complexity index is 527. The minimum atomic E-state index is -0.0211. The molecule has 1 aromatic carbocycles. The Balaban J connectivity index is 2.17. The van der Waals surface area contributed by atoms with Crippen LogP contribution >= 0.6 is 54.8 Å². The van der Waals surface area contributed by atoms with Gasteiger partial charge >= 0.3 is 0 Å². The van der Waals surface area contributed by atoms with Crippen molar-refractivity contribution in [1.29, 1.82) is 0 Å². The molecule has 0 radical (unpaired) electrons. The molecule has 2 aromatic rings. The molecule has 2 rings (SSSR count). The van der Waals surface area contributed by atoms with Gasteiger partial charge in [0, 0.05) is 36.7 Å². The second-order valence-electron chi connectivity index (χ2n) is 3.71. The van der Waals surface area contributed by atoms with Gasteiger partial charge in [0.25, 0.3) is 0 Å². The highest BCUT2D eigenvalue weighted by Gasteiger charge is 2.12. The normalized spacial score (nSPS) is 12.7. The summed E-state index contributed by atoms with van der Waals surface area (Å²) in [5.74, 6) is 0. The highest BCUT2D eigenvalue weighted by Crippen LogP contribution is 2.29. The summed E-state index contributed by atoms with van der Waals surface area (Å²) in [7, 11) is 0. The number of benzene rings is 1. The lowest BCUT2D eigenvalue weighted by Crippen LogP contribution is -2.13. The first-order valence-corrected chi connectivity index (χ1v) is 7.84. The molecule has 0 bridgehead atoms. The van der Waals surface area contributed by atoms with Gasteiger partial charge in [0.2, 0.25) is 0 Å².